The van der Waals surface area contributed by atoms with E-state index in [1.807, 2.05) is 42.5 Å². The third-order valence-electron chi connectivity index (χ3n) is 4.77. The maximum absolute atomic E-state index is 13.9. The van der Waals surface area contributed by atoms with Crippen LogP contribution in [0.15, 0.2) is 71.5 Å². The Hall–Kier alpha value is -3.22. The van der Waals surface area contributed by atoms with Gasteiger partial charge >= 0.3 is 0 Å². The van der Waals surface area contributed by atoms with Gasteiger partial charge in [-0.2, -0.15) is 0 Å². The molecule has 0 atom stereocenters. The second-order valence-electron chi connectivity index (χ2n) is 6.69. The normalized spacial score (nSPS) is 12.1. The number of thiazole rings is 1. The molecule has 0 aliphatic rings. The Morgan fingerprint density at radius 2 is 1.87 bits per heavy atom. The number of aromatic nitrogens is 2. The van der Waals surface area contributed by atoms with Crippen molar-refractivity contribution in [3.63, 3.8) is 0 Å². The first-order valence-corrected chi connectivity index (χ1v) is 10.4. The molecule has 0 saturated heterocycles. The molecular formula is C23H14ClFN2O2S. The second kappa shape index (κ2) is 7.55. The number of halogens is 2. The summed E-state index contributed by atoms with van der Waals surface area (Å²) in [6, 6.07) is 19.4. The predicted octanol–water partition coefficient (Wildman–Crippen LogP) is 4.83. The van der Waals surface area contributed by atoms with Crippen LogP contribution in [0.2, 0.25) is 5.02 Å². The zero-order valence-corrected chi connectivity index (χ0v) is 17.1. The van der Waals surface area contributed by atoms with E-state index in [1.165, 1.54) is 17.4 Å². The van der Waals surface area contributed by atoms with Crippen molar-refractivity contribution in [2.75, 3.05) is 0 Å². The smallest absolute Gasteiger partial charge is 0.274 e. The number of ether oxygens (including phenoxy) is 1. The monoisotopic (exact) mass is 436 g/mol. The highest BCUT2D eigenvalue weighted by Gasteiger charge is 2.11. The van der Waals surface area contributed by atoms with Crippen molar-refractivity contribution in [1.29, 1.82) is 0 Å². The molecule has 0 fully saturated rings. The lowest BCUT2D eigenvalue weighted by Gasteiger charge is -2.08. The van der Waals surface area contributed by atoms with E-state index in [0.717, 1.165) is 16.6 Å². The van der Waals surface area contributed by atoms with Crippen LogP contribution in [0, 0.1) is 5.82 Å². The molecule has 3 aromatic carbocycles. The number of nitrogens with zero attached hydrogens (tertiary/aromatic N) is 2. The van der Waals surface area contributed by atoms with Gasteiger partial charge in [0.25, 0.3) is 5.56 Å². The van der Waals surface area contributed by atoms with Crippen LogP contribution in [0.4, 0.5) is 4.39 Å². The van der Waals surface area contributed by atoms with E-state index >= 15 is 0 Å². The number of benzene rings is 3. The Balaban J connectivity index is 1.41. The topological polar surface area (TPSA) is 43.6 Å². The highest BCUT2D eigenvalue weighted by Crippen LogP contribution is 2.22. The van der Waals surface area contributed by atoms with Gasteiger partial charge in [0.2, 0.25) is 0 Å². The first kappa shape index (κ1) is 18.8. The van der Waals surface area contributed by atoms with Crippen LogP contribution < -0.4 is 14.8 Å². The molecule has 0 aliphatic carbocycles. The van der Waals surface area contributed by atoms with Crippen molar-refractivity contribution in [2.45, 2.75) is 6.61 Å². The average molecular weight is 437 g/mol. The third kappa shape index (κ3) is 3.34. The molecular weight excluding hydrogens is 423 g/mol. The molecule has 0 saturated carbocycles. The predicted molar refractivity (Wildman–Crippen MR) is 118 cm³/mol. The molecule has 7 heteroatoms. The second-order valence-corrected chi connectivity index (χ2v) is 8.11. The molecule has 5 rings (SSSR count). The zero-order chi connectivity index (χ0) is 20.7. The molecule has 0 amide bonds. The first-order valence-electron chi connectivity index (χ1n) is 9.17. The number of rotatable bonds is 4. The molecule has 0 aliphatic heterocycles. The largest absolute Gasteiger partial charge is 0.489 e. The Kier molecular flexibility index (Phi) is 4.73. The highest BCUT2D eigenvalue weighted by molar-refractivity contribution is 7.15. The van der Waals surface area contributed by atoms with Crippen LogP contribution in [0.5, 0.6) is 5.75 Å². The van der Waals surface area contributed by atoms with Gasteiger partial charge in [0, 0.05) is 5.56 Å². The zero-order valence-electron chi connectivity index (χ0n) is 15.5. The van der Waals surface area contributed by atoms with E-state index < -0.39 is 5.82 Å². The van der Waals surface area contributed by atoms with Crippen molar-refractivity contribution in [3.05, 3.63) is 104 Å². The molecule has 2 heterocycles. The van der Waals surface area contributed by atoms with Crippen LogP contribution >= 0.6 is 22.9 Å². The van der Waals surface area contributed by atoms with Crippen LogP contribution in [0.3, 0.4) is 0 Å². The molecule has 4 nitrogen and oxygen atoms in total. The summed E-state index contributed by atoms with van der Waals surface area (Å²) in [6.07, 6.45) is 1.83. The molecule has 0 bridgehead atoms. The standard InChI is InChI=1S/C23H14ClFN2O2S/c24-17-4-3-5-18(25)16(17)13-29-15-10-8-14(9-11-15)12-21-22(28)27-20-7-2-1-6-19(20)26-23(27)30-21/h1-12H,13H2/b21-12-. The fourth-order valence-corrected chi connectivity index (χ4v) is 4.45. The molecule has 0 unspecified atom stereocenters. The van der Waals surface area contributed by atoms with Gasteiger partial charge in [-0.3, -0.25) is 4.79 Å². The van der Waals surface area contributed by atoms with E-state index in [2.05, 4.69) is 4.98 Å². The lowest BCUT2D eigenvalue weighted by atomic mass is 10.2. The maximum Gasteiger partial charge on any atom is 0.274 e. The minimum Gasteiger partial charge on any atom is -0.489 e. The molecule has 2 aromatic heterocycles. The number of hydrogen-bond donors (Lipinski definition) is 0. The van der Waals surface area contributed by atoms with Crippen molar-refractivity contribution in [3.8, 4) is 5.75 Å². The molecule has 5 aromatic rings. The molecule has 0 radical (unpaired) electrons. The first-order chi connectivity index (χ1) is 14.6. The fourth-order valence-electron chi connectivity index (χ4n) is 3.25. The Bertz CT molecular complexity index is 1470. The summed E-state index contributed by atoms with van der Waals surface area (Å²) in [5, 5.41) is 0.332. The van der Waals surface area contributed by atoms with Gasteiger partial charge in [-0.1, -0.05) is 53.3 Å². The summed E-state index contributed by atoms with van der Waals surface area (Å²) >= 11 is 7.38. The van der Waals surface area contributed by atoms with E-state index in [1.54, 1.807) is 28.7 Å². The van der Waals surface area contributed by atoms with Crippen molar-refractivity contribution in [2.24, 2.45) is 0 Å². The Morgan fingerprint density at radius 1 is 1.07 bits per heavy atom. The van der Waals surface area contributed by atoms with Gasteiger partial charge in [0.05, 0.1) is 20.6 Å². The van der Waals surface area contributed by atoms with E-state index in [0.29, 0.717) is 25.8 Å². The van der Waals surface area contributed by atoms with Crippen molar-refractivity contribution in [1.82, 2.24) is 9.38 Å². The minimum absolute atomic E-state index is 0.0362. The summed E-state index contributed by atoms with van der Waals surface area (Å²) in [7, 11) is 0. The van der Waals surface area contributed by atoms with Gasteiger partial charge in [-0.25, -0.2) is 13.8 Å². The van der Waals surface area contributed by atoms with E-state index in [9.17, 15) is 9.18 Å². The lowest BCUT2D eigenvalue weighted by Crippen LogP contribution is -2.22. The summed E-state index contributed by atoms with van der Waals surface area (Å²) in [5.41, 5.74) is 2.71. The summed E-state index contributed by atoms with van der Waals surface area (Å²) in [4.78, 5) is 18.0. The number of hydrogen-bond acceptors (Lipinski definition) is 4. The van der Waals surface area contributed by atoms with Gasteiger partial charge in [0.15, 0.2) is 4.96 Å². The summed E-state index contributed by atoms with van der Waals surface area (Å²) < 4.78 is 21.8. The van der Waals surface area contributed by atoms with Crippen LogP contribution in [-0.4, -0.2) is 9.38 Å². The van der Waals surface area contributed by atoms with Gasteiger partial charge in [-0.15, -0.1) is 0 Å². The van der Waals surface area contributed by atoms with E-state index in [-0.39, 0.29) is 12.2 Å². The number of para-hydroxylation sites is 2. The Morgan fingerprint density at radius 3 is 2.67 bits per heavy atom. The Labute approximate surface area is 179 Å². The lowest BCUT2D eigenvalue weighted by molar-refractivity contribution is 0.300. The van der Waals surface area contributed by atoms with Gasteiger partial charge in [0.1, 0.15) is 18.2 Å². The van der Waals surface area contributed by atoms with Crippen molar-refractivity contribution >= 4 is 45.0 Å². The van der Waals surface area contributed by atoms with Crippen LogP contribution in [-0.2, 0) is 6.61 Å². The molecule has 0 N–H and O–H groups in total. The molecule has 148 valence electrons. The average Bonchev–Trinajstić information content (AvgIpc) is 3.25. The van der Waals surface area contributed by atoms with Gasteiger partial charge in [-0.05, 0) is 48.0 Å². The molecule has 0 spiro atoms. The quantitative estimate of drug-likeness (QED) is 0.405. The maximum atomic E-state index is 13.9. The fraction of sp³-hybridized carbons (Fsp3) is 0.0435. The summed E-state index contributed by atoms with van der Waals surface area (Å²) in [5.74, 6) is 0.187. The van der Waals surface area contributed by atoms with Gasteiger partial charge < -0.3 is 4.74 Å². The highest BCUT2D eigenvalue weighted by atomic mass is 35.5. The summed E-state index contributed by atoms with van der Waals surface area (Å²) in [6.45, 7) is 0.0362. The number of imidazole rings is 1. The minimum atomic E-state index is -0.398. The van der Waals surface area contributed by atoms with Crippen LogP contribution in [0.1, 0.15) is 11.1 Å². The SMILES string of the molecule is O=c1/c(=C/c2ccc(OCc3c(F)cccc3Cl)cc2)sc2nc3ccccc3n12. The van der Waals surface area contributed by atoms with Crippen molar-refractivity contribution < 1.29 is 9.13 Å². The third-order valence-corrected chi connectivity index (χ3v) is 6.09. The number of fused-ring (bicyclic) bond motifs is 3. The van der Waals surface area contributed by atoms with E-state index in [4.69, 9.17) is 16.3 Å². The van der Waals surface area contributed by atoms with Crippen LogP contribution in [0.25, 0.3) is 22.1 Å². The molecule has 30 heavy (non-hydrogen) atoms.